The first-order chi connectivity index (χ1) is 15.6. The lowest BCUT2D eigenvalue weighted by Gasteiger charge is -2.36. The summed E-state index contributed by atoms with van der Waals surface area (Å²) < 4.78 is 23.9. The third-order valence-electron chi connectivity index (χ3n) is 5.39. The van der Waals surface area contributed by atoms with E-state index in [-0.39, 0.29) is 29.9 Å². The van der Waals surface area contributed by atoms with Gasteiger partial charge in [-0.1, -0.05) is 0 Å². The monoisotopic (exact) mass is 438 g/mol. The molecule has 0 bridgehead atoms. The molecule has 0 atom stereocenters. The lowest BCUT2D eigenvalue weighted by atomic mass is 10.2. The standard InChI is InChI=1S/C21H19FN6O4/c22-14-1-4-16(5-2-14)26-7-9-27(10-8-26)21-19(28(29)30)20(23-12-24-21)25-15-3-6-17-18(11-15)32-13-31-17/h1-6,11-12H,7-10,13H2,(H,23,24,25). The van der Waals surface area contributed by atoms with Crippen molar-refractivity contribution in [2.24, 2.45) is 0 Å². The summed E-state index contributed by atoms with van der Waals surface area (Å²) in [6.07, 6.45) is 1.31. The minimum absolute atomic E-state index is 0.0971. The van der Waals surface area contributed by atoms with E-state index in [0.717, 1.165) is 5.69 Å². The molecule has 2 aliphatic rings. The number of fused-ring (bicyclic) bond motifs is 1. The first-order valence-electron chi connectivity index (χ1n) is 10.00. The number of nitrogens with one attached hydrogen (secondary N) is 1. The second-order valence-electron chi connectivity index (χ2n) is 7.30. The number of nitrogens with zero attached hydrogens (tertiary/aromatic N) is 5. The van der Waals surface area contributed by atoms with Gasteiger partial charge in [-0.3, -0.25) is 10.1 Å². The Balaban J connectivity index is 1.36. The van der Waals surface area contributed by atoms with Gasteiger partial charge in [0.05, 0.1) is 4.92 Å². The van der Waals surface area contributed by atoms with Crippen LogP contribution in [-0.2, 0) is 0 Å². The fraction of sp³-hybridized carbons (Fsp3) is 0.238. The van der Waals surface area contributed by atoms with Gasteiger partial charge >= 0.3 is 5.69 Å². The highest BCUT2D eigenvalue weighted by atomic mass is 19.1. The number of benzene rings is 2. The van der Waals surface area contributed by atoms with Gasteiger partial charge in [0.15, 0.2) is 11.5 Å². The Morgan fingerprint density at radius 3 is 2.44 bits per heavy atom. The molecule has 10 nitrogen and oxygen atoms in total. The molecule has 3 aromatic rings. The average molecular weight is 438 g/mol. The quantitative estimate of drug-likeness (QED) is 0.474. The molecular formula is C21H19FN6O4. The number of piperazine rings is 1. The Morgan fingerprint density at radius 1 is 0.969 bits per heavy atom. The van der Waals surface area contributed by atoms with E-state index in [2.05, 4.69) is 20.2 Å². The topological polar surface area (TPSA) is 106 Å². The molecule has 5 rings (SSSR count). The molecule has 1 N–H and O–H groups in total. The second kappa shape index (κ2) is 8.17. The molecule has 0 spiro atoms. The molecule has 2 aliphatic heterocycles. The van der Waals surface area contributed by atoms with Crippen LogP contribution in [0.15, 0.2) is 48.8 Å². The number of nitro groups is 1. The van der Waals surface area contributed by atoms with Gasteiger partial charge in [0.1, 0.15) is 12.1 Å². The zero-order chi connectivity index (χ0) is 22.1. The number of hydrogen-bond donors (Lipinski definition) is 1. The van der Waals surface area contributed by atoms with Crippen molar-refractivity contribution in [1.29, 1.82) is 0 Å². The van der Waals surface area contributed by atoms with Gasteiger partial charge in [-0.25, -0.2) is 14.4 Å². The maximum atomic E-state index is 13.2. The minimum atomic E-state index is -0.475. The summed E-state index contributed by atoms with van der Waals surface area (Å²) in [5.74, 6) is 1.25. The smallest absolute Gasteiger partial charge is 0.353 e. The summed E-state index contributed by atoms with van der Waals surface area (Å²) in [4.78, 5) is 23.8. The zero-order valence-corrected chi connectivity index (χ0v) is 16.9. The van der Waals surface area contributed by atoms with Crippen molar-refractivity contribution in [3.63, 3.8) is 0 Å². The van der Waals surface area contributed by atoms with E-state index in [1.54, 1.807) is 30.3 Å². The number of anilines is 4. The van der Waals surface area contributed by atoms with E-state index in [9.17, 15) is 14.5 Å². The molecule has 3 heterocycles. The van der Waals surface area contributed by atoms with Crippen LogP contribution in [0.3, 0.4) is 0 Å². The molecule has 0 amide bonds. The van der Waals surface area contributed by atoms with Crippen LogP contribution in [0.1, 0.15) is 0 Å². The van der Waals surface area contributed by atoms with Crippen LogP contribution >= 0.6 is 0 Å². The number of aromatic nitrogens is 2. The lowest BCUT2D eigenvalue weighted by molar-refractivity contribution is -0.383. The SMILES string of the molecule is O=[N+]([O-])c1c(Nc2ccc3c(c2)OCO3)ncnc1N1CCN(c2ccc(F)cc2)CC1. The second-order valence-corrected chi connectivity index (χ2v) is 7.30. The van der Waals surface area contributed by atoms with Gasteiger partial charge in [0.2, 0.25) is 18.4 Å². The molecule has 1 fully saturated rings. The van der Waals surface area contributed by atoms with Crippen LogP contribution in [0.4, 0.5) is 33.1 Å². The molecule has 32 heavy (non-hydrogen) atoms. The van der Waals surface area contributed by atoms with Crippen LogP contribution in [0.25, 0.3) is 0 Å². The fourth-order valence-corrected chi connectivity index (χ4v) is 3.80. The van der Waals surface area contributed by atoms with Crippen LogP contribution in [0.5, 0.6) is 11.5 Å². The molecule has 2 aromatic carbocycles. The minimum Gasteiger partial charge on any atom is -0.454 e. The zero-order valence-electron chi connectivity index (χ0n) is 16.9. The van der Waals surface area contributed by atoms with Crippen molar-refractivity contribution >= 4 is 28.7 Å². The van der Waals surface area contributed by atoms with E-state index < -0.39 is 4.92 Å². The van der Waals surface area contributed by atoms with Crippen LogP contribution in [0.2, 0.25) is 0 Å². The predicted molar refractivity (Wildman–Crippen MR) is 115 cm³/mol. The Kier molecular flexibility index (Phi) is 5.06. The maximum Gasteiger partial charge on any atom is 0.353 e. The number of ether oxygens (including phenoxy) is 2. The predicted octanol–water partition coefficient (Wildman–Crippen LogP) is 3.32. The van der Waals surface area contributed by atoms with Gasteiger partial charge in [0, 0.05) is 43.6 Å². The van der Waals surface area contributed by atoms with Crippen molar-refractivity contribution in [2.45, 2.75) is 0 Å². The van der Waals surface area contributed by atoms with Crippen molar-refractivity contribution < 1.29 is 18.8 Å². The maximum absolute atomic E-state index is 13.2. The molecule has 1 aromatic heterocycles. The van der Waals surface area contributed by atoms with Crippen molar-refractivity contribution in [3.8, 4) is 11.5 Å². The van der Waals surface area contributed by atoms with E-state index in [1.165, 1.54) is 18.5 Å². The first-order valence-corrected chi connectivity index (χ1v) is 10.00. The molecule has 0 unspecified atom stereocenters. The molecule has 164 valence electrons. The van der Waals surface area contributed by atoms with Crippen LogP contribution < -0.4 is 24.6 Å². The summed E-state index contributed by atoms with van der Waals surface area (Å²) in [6.45, 7) is 2.44. The van der Waals surface area contributed by atoms with Crippen molar-refractivity contribution in [3.05, 3.63) is 64.7 Å². The van der Waals surface area contributed by atoms with Gasteiger partial charge in [0.25, 0.3) is 0 Å². The van der Waals surface area contributed by atoms with E-state index in [1.807, 2.05) is 4.90 Å². The molecule has 1 saturated heterocycles. The summed E-state index contributed by atoms with van der Waals surface area (Å²) >= 11 is 0. The van der Waals surface area contributed by atoms with Crippen LogP contribution in [0, 0.1) is 15.9 Å². The summed E-state index contributed by atoms with van der Waals surface area (Å²) in [5.41, 5.74) is 1.30. The summed E-state index contributed by atoms with van der Waals surface area (Å²) in [5, 5.41) is 15.0. The number of halogens is 1. The summed E-state index contributed by atoms with van der Waals surface area (Å²) in [6, 6.07) is 11.5. The van der Waals surface area contributed by atoms with E-state index in [0.29, 0.717) is 43.4 Å². The highest BCUT2D eigenvalue weighted by molar-refractivity contribution is 5.75. The Bertz CT molecular complexity index is 1150. The molecular weight excluding hydrogens is 419 g/mol. The lowest BCUT2D eigenvalue weighted by Crippen LogP contribution is -2.47. The van der Waals surface area contributed by atoms with Gasteiger partial charge < -0.3 is 24.6 Å². The Morgan fingerprint density at radius 2 is 1.69 bits per heavy atom. The highest BCUT2D eigenvalue weighted by Gasteiger charge is 2.29. The van der Waals surface area contributed by atoms with Crippen molar-refractivity contribution in [2.75, 3.05) is 48.1 Å². The third kappa shape index (κ3) is 3.80. The highest BCUT2D eigenvalue weighted by Crippen LogP contribution is 2.38. The van der Waals surface area contributed by atoms with Crippen LogP contribution in [-0.4, -0.2) is 47.9 Å². The average Bonchev–Trinajstić information content (AvgIpc) is 3.27. The molecule has 0 saturated carbocycles. The Labute approximate surface area is 182 Å². The molecule has 0 aliphatic carbocycles. The van der Waals surface area contributed by atoms with Gasteiger partial charge in [-0.05, 0) is 36.4 Å². The Hall–Kier alpha value is -4.15. The van der Waals surface area contributed by atoms with Gasteiger partial charge in [-0.2, -0.15) is 0 Å². The molecule has 0 radical (unpaired) electrons. The number of rotatable bonds is 5. The first kappa shape index (κ1) is 19.8. The molecule has 11 heteroatoms. The summed E-state index contributed by atoms with van der Waals surface area (Å²) in [7, 11) is 0. The van der Waals surface area contributed by atoms with Crippen molar-refractivity contribution in [1.82, 2.24) is 9.97 Å². The largest absolute Gasteiger partial charge is 0.454 e. The number of hydrogen-bond acceptors (Lipinski definition) is 9. The fourth-order valence-electron chi connectivity index (χ4n) is 3.80. The van der Waals surface area contributed by atoms with E-state index >= 15 is 0 Å². The normalized spacial score (nSPS) is 15.0. The van der Waals surface area contributed by atoms with E-state index in [4.69, 9.17) is 9.47 Å². The van der Waals surface area contributed by atoms with Gasteiger partial charge in [-0.15, -0.1) is 0 Å². The third-order valence-corrected chi connectivity index (χ3v) is 5.39.